The molecule has 5 nitrogen and oxygen atoms in total. The molecule has 1 heterocycles. The average molecular weight is 306 g/mol. The normalized spacial score (nSPS) is 11.8. The second kappa shape index (κ2) is 7.06. The number of urea groups is 1. The van der Waals surface area contributed by atoms with Gasteiger partial charge in [0.1, 0.15) is 5.15 Å². The lowest BCUT2D eigenvalue weighted by molar-refractivity contribution is 0.175. The van der Waals surface area contributed by atoms with Crippen molar-refractivity contribution in [2.24, 2.45) is 0 Å². The molecule has 21 heavy (non-hydrogen) atoms. The van der Waals surface area contributed by atoms with Crippen molar-refractivity contribution < 1.29 is 9.90 Å². The molecule has 0 radical (unpaired) electrons. The fourth-order valence-electron chi connectivity index (χ4n) is 1.75. The van der Waals surface area contributed by atoms with E-state index < -0.39 is 12.1 Å². The molecule has 0 fully saturated rings. The largest absolute Gasteiger partial charge is 0.387 e. The van der Waals surface area contributed by atoms with Gasteiger partial charge in [0.2, 0.25) is 0 Å². The van der Waals surface area contributed by atoms with Crippen LogP contribution in [0.5, 0.6) is 0 Å². The number of amides is 2. The second-order valence-electron chi connectivity index (χ2n) is 4.63. The molecule has 6 heteroatoms. The van der Waals surface area contributed by atoms with Crippen molar-refractivity contribution >= 4 is 23.3 Å². The molecular formula is C15H16ClN3O2. The number of rotatable bonds is 4. The number of aryl methyl sites for hydroxylation is 1. The molecule has 110 valence electrons. The summed E-state index contributed by atoms with van der Waals surface area (Å²) in [6.07, 6.45) is 0.747. The molecule has 1 unspecified atom stereocenters. The van der Waals surface area contributed by atoms with Crippen molar-refractivity contribution in [2.75, 3.05) is 11.9 Å². The van der Waals surface area contributed by atoms with Gasteiger partial charge in [-0.3, -0.25) is 0 Å². The fraction of sp³-hybridized carbons (Fsp3) is 0.200. The third kappa shape index (κ3) is 4.73. The lowest BCUT2D eigenvalue weighted by Gasteiger charge is -2.13. The van der Waals surface area contributed by atoms with Crippen LogP contribution in [-0.4, -0.2) is 22.7 Å². The van der Waals surface area contributed by atoms with Crippen LogP contribution < -0.4 is 10.6 Å². The zero-order valence-electron chi connectivity index (χ0n) is 11.5. The minimum Gasteiger partial charge on any atom is -0.387 e. The Morgan fingerprint density at radius 2 is 2.05 bits per heavy atom. The summed E-state index contributed by atoms with van der Waals surface area (Å²) in [7, 11) is 0. The zero-order valence-corrected chi connectivity index (χ0v) is 12.3. The number of carbonyl (C=O) groups is 1. The minimum absolute atomic E-state index is 0.119. The predicted molar refractivity (Wildman–Crippen MR) is 82.4 cm³/mol. The summed E-state index contributed by atoms with van der Waals surface area (Å²) >= 11 is 5.73. The van der Waals surface area contributed by atoms with Gasteiger partial charge in [-0.05, 0) is 24.6 Å². The highest BCUT2D eigenvalue weighted by Crippen LogP contribution is 2.13. The maximum absolute atomic E-state index is 11.7. The molecule has 0 aliphatic carbocycles. The number of halogens is 1. The summed E-state index contributed by atoms with van der Waals surface area (Å²) < 4.78 is 0. The smallest absolute Gasteiger partial charge is 0.319 e. The fourth-order valence-corrected chi connectivity index (χ4v) is 1.93. The summed E-state index contributed by atoms with van der Waals surface area (Å²) in [5, 5.41) is 15.5. The number of pyridine rings is 1. The van der Waals surface area contributed by atoms with E-state index in [-0.39, 0.29) is 6.54 Å². The number of hydrogen-bond donors (Lipinski definition) is 3. The van der Waals surface area contributed by atoms with E-state index >= 15 is 0 Å². The van der Waals surface area contributed by atoms with E-state index in [1.165, 1.54) is 12.3 Å². The van der Waals surface area contributed by atoms with Crippen LogP contribution >= 0.6 is 11.6 Å². The Labute approximate surface area is 128 Å². The highest BCUT2D eigenvalue weighted by molar-refractivity contribution is 6.29. The van der Waals surface area contributed by atoms with E-state index in [1.807, 2.05) is 31.2 Å². The molecule has 0 aliphatic rings. The van der Waals surface area contributed by atoms with Crippen molar-refractivity contribution in [1.82, 2.24) is 10.3 Å². The van der Waals surface area contributed by atoms with Crippen molar-refractivity contribution in [3.8, 4) is 0 Å². The molecule has 2 amide bonds. The minimum atomic E-state index is -0.752. The van der Waals surface area contributed by atoms with Crippen molar-refractivity contribution in [3.05, 3.63) is 58.9 Å². The maximum atomic E-state index is 11.7. The first-order chi connectivity index (χ1) is 10.0. The zero-order chi connectivity index (χ0) is 15.2. The molecular weight excluding hydrogens is 290 g/mol. The van der Waals surface area contributed by atoms with E-state index in [4.69, 9.17) is 11.6 Å². The van der Waals surface area contributed by atoms with Gasteiger partial charge in [0, 0.05) is 18.4 Å². The summed E-state index contributed by atoms with van der Waals surface area (Å²) in [6, 6.07) is 10.3. The number of aromatic nitrogens is 1. The van der Waals surface area contributed by atoms with Crippen molar-refractivity contribution in [1.29, 1.82) is 0 Å². The second-order valence-corrected chi connectivity index (χ2v) is 5.02. The van der Waals surface area contributed by atoms with Crippen LogP contribution in [0.4, 0.5) is 10.5 Å². The van der Waals surface area contributed by atoms with Crippen LogP contribution in [0, 0.1) is 6.92 Å². The molecule has 0 aliphatic heterocycles. The molecule has 2 rings (SSSR count). The van der Waals surface area contributed by atoms with E-state index in [1.54, 1.807) is 6.07 Å². The summed E-state index contributed by atoms with van der Waals surface area (Å²) in [6.45, 7) is 2.09. The maximum Gasteiger partial charge on any atom is 0.319 e. The number of anilines is 1. The van der Waals surface area contributed by atoms with Gasteiger partial charge in [-0.25, -0.2) is 9.78 Å². The SMILES string of the molecule is Cc1ccc(C(O)CNC(=O)Nc2ccnc(Cl)c2)cc1. The van der Waals surface area contributed by atoms with Gasteiger partial charge in [0.05, 0.1) is 6.10 Å². The van der Waals surface area contributed by atoms with E-state index in [0.29, 0.717) is 10.8 Å². The summed E-state index contributed by atoms with van der Waals surface area (Å²) in [5.41, 5.74) is 2.41. The molecule has 0 saturated heterocycles. The van der Waals surface area contributed by atoms with Crippen molar-refractivity contribution in [3.63, 3.8) is 0 Å². The Morgan fingerprint density at radius 1 is 1.33 bits per heavy atom. The van der Waals surface area contributed by atoms with Gasteiger partial charge in [-0.1, -0.05) is 41.4 Å². The molecule has 1 aromatic heterocycles. The first-order valence-electron chi connectivity index (χ1n) is 6.45. The Hall–Kier alpha value is -2.11. The first-order valence-corrected chi connectivity index (χ1v) is 6.83. The Bertz CT molecular complexity index is 617. The molecule has 0 spiro atoms. The summed E-state index contributed by atoms with van der Waals surface area (Å²) in [5.74, 6) is 0. The average Bonchev–Trinajstić information content (AvgIpc) is 2.45. The molecule has 1 atom stereocenters. The Morgan fingerprint density at radius 3 is 2.71 bits per heavy atom. The number of aliphatic hydroxyl groups is 1. The Balaban J connectivity index is 1.84. The molecule has 0 saturated carbocycles. The number of nitrogens with zero attached hydrogens (tertiary/aromatic N) is 1. The number of hydrogen-bond acceptors (Lipinski definition) is 3. The van der Waals surface area contributed by atoms with Gasteiger partial charge >= 0.3 is 6.03 Å². The van der Waals surface area contributed by atoms with Crippen LogP contribution in [0.3, 0.4) is 0 Å². The van der Waals surface area contributed by atoms with Crippen LogP contribution in [-0.2, 0) is 0 Å². The number of carbonyl (C=O) groups excluding carboxylic acids is 1. The van der Waals surface area contributed by atoms with Gasteiger partial charge in [-0.2, -0.15) is 0 Å². The monoisotopic (exact) mass is 305 g/mol. The van der Waals surface area contributed by atoms with E-state index in [2.05, 4.69) is 15.6 Å². The lowest BCUT2D eigenvalue weighted by atomic mass is 10.1. The molecule has 1 aromatic carbocycles. The predicted octanol–water partition coefficient (Wildman–Crippen LogP) is 2.90. The molecule has 3 N–H and O–H groups in total. The topological polar surface area (TPSA) is 74.2 Å². The van der Waals surface area contributed by atoms with Gasteiger partial charge in [0.25, 0.3) is 0 Å². The quantitative estimate of drug-likeness (QED) is 0.760. The van der Waals surface area contributed by atoms with Crippen LogP contribution in [0.25, 0.3) is 0 Å². The molecule has 0 bridgehead atoms. The van der Waals surface area contributed by atoms with E-state index in [0.717, 1.165) is 11.1 Å². The van der Waals surface area contributed by atoms with Crippen LogP contribution in [0.15, 0.2) is 42.6 Å². The number of aliphatic hydroxyl groups excluding tert-OH is 1. The van der Waals surface area contributed by atoms with Gasteiger partial charge < -0.3 is 15.7 Å². The van der Waals surface area contributed by atoms with Gasteiger partial charge in [-0.15, -0.1) is 0 Å². The first kappa shape index (κ1) is 15.3. The number of benzene rings is 1. The van der Waals surface area contributed by atoms with E-state index in [9.17, 15) is 9.90 Å². The molecule has 2 aromatic rings. The van der Waals surface area contributed by atoms with Crippen LogP contribution in [0.2, 0.25) is 5.15 Å². The standard InChI is InChI=1S/C15H16ClN3O2/c1-10-2-4-11(5-3-10)13(20)9-18-15(21)19-12-6-7-17-14(16)8-12/h2-8,13,20H,9H2,1H3,(H2,17,18,19,21). The van der Waals surface area contributed by atoms with Crippen LogP contribution in [0.1, 0.15) is 17.2 Å². The lowest BCUT2D eigenvalue weighted by Crippen LogP contribution is -2.32. The van der Waals surface area contributed by atoms with Gasteiger partial charge in [0.15, 0.2) is 0 Å². The highest BCUT2D eigenvalue weighted by atomic mass is 35.5. The third-order valence-electron chi connectivity index (χ3n) is 2.90. The van der Waals surface area contributed by atoms with Crippen molar-refractivity contribution in [2.45, 2.75) is 13.0 Å². The Kier molecular flexibility index (Phi) is 5.14. The number of nitrogens with one attached hydrogen (secondary N) is 2. The third-order valence-corrected chi connectivity index (χ3v) is 3.11. The summed E-state index contributed by atoms with van der Waals surface area (Å²) in [4.78, 5) is 15.5. The highest BCUT2D eigenvalue weighted by Gasteiger charge is 2.09.